The van der Waals surface area contributed by atoms with Crippen LogP contribution in [0.5, 0.6) is 0 Å². The lowest BCUT2D eigenvalue weighted by molar-refractivity contribution is -0.125. The first-order valence-corrected chi connectivity index (χ1v) is 5.95. The van der Waals surface area contributed by atoms with E-state index in [1.54, 1.807) is 18.2 Å². The molecule has 0 unspecified atom stereocenters. The van der Waals surface area contributed by atoms with Crippen LogP contribution < -0.4 is 5.73 Å². The molecule has 4 nitrogen and oxygen atoms in total. The summed E-state index contributed by atoms with van der Waals surface area (Å²) in [5.74, 6) is 0.0607. The Hall–Kier alpha value is -1.20. The molecule has 0 aliphatic carbocycles. The Bertz CT molecular complexity index is 448. The van der Waals surface area contributed by atoms with Crippen LogP contribution in [0, 0.1) is 0 Å². The minimum atomic E-state index is -0.210. The minimum absolute atomic E-state index is 0.163. The van der Waals surface area contributed by atoms with Gasteiger partial charge in [0, 0.05) is 0 Å². The van der Waals surface area contributed by atoms with Crippen molar-refractivity contribution in [3.8, 4) is 0 Å². The molecule has 84 valence electrons. The van der Waals surface area contributed by atoms with Gasteiger partial charge in [0.25, 0.3) is 5.24 Å². The van der Waals surface area contributed by atoms with Crippen molar-refractivity contribution < 1.29 is 9.59 Å². The number of nitrogen functional groups attached to an aromatic ring is 1. The van der Waals surface area contributed by atoms with Gasteiger partial charge < -0.3 is 5.73 Å². The molecule has 0 atom stereocenters. The van der Waals surface area contributed by atoms with Gasteiger partial charge in [-0.2, -0.15) is 0 Å². The smallest absolute Gasteiger partial charge is 0.289 e. The van der Waals surface area contributed by atoms with Crippen LogP contribution in [-0.4, -0.2) is 21.8 Å². The monoisotopic (exact) mass is 256 g/mol. The molecule has 0 aromatic heterocycles. The first-order chi connectivity index (χ1) is 7.58. The lowest BCUT2D eigenvalue weighted by atomic mass is 10.2. The van der Waals surface area contributed by atoms with E-state index < -0.39 is 0 Å². The number of amides is 2. The van der Waals surface area contributed by atoms with Crippen LogP contribution >= 0.6 is 23.4 Å². The topological polar surface area (TPSA) is 63.4 Å². The van der Waals surface area contributed by atoms with Crippen molar-refractivity contribution in [3.05, 3.63) is 28.8 Å². The van der Waals surface area contributed by atoms with Crippen molar-refractivity contribution in [1.29, 1.82) is 0 Å². The fourth-order valence-electron chi connectivity index (χ4n) is 1.41. The van der Waals surface area contributed by atoms with Crippen LogP contribution in [0.4, 0.5) is 10.5 Å². The average molecular weight is 257 g/mol. The Morgan fingerprint density at radius 3 is 2.75 bits per heavy atom. The zero-order valence-electron chi connectivity index (χ0n) is 8.27. The van der Waals surface area contributed by atoms with Crippen molar-refractivity contribution in [2.75, 3.05) is 11.5 Å². The Balaban J connectivity index is 2.17. The van der Waals surface area contributed by atoms with E-state index in [1.807, 2.05) is 0 Å². The maximum Gasteiger partial charge on any atom is 0.289 e. The number of thioether (sulfide) groups is 1. The summed E-state index contributed by atoms with van der Waals surface area (Å²) in [4.78, 5) is 23.9. The highest BCUT2D eigenvalue weighted by molar-refractivity contribution is 8.14. The zero-order valence-corrected chi connectivity index (χ0v) is 9.85. The van der Waals surface area contributed by atoms with Gasteiger partial charge in [-0.15, -0.1) is 0 Å². The number of carbonyl (C=O) groups is 2. The molecule has 1 aliphatic rings. The number of imide groups is 1. The van der Waals surface area contributed by atoms with Crippen molar-refractivity contribution in [1.82, 2.24) is 4.90 Å². The molecule has 2 rings (SSSR count). The maximum atomic E-state index is 11.4. The van der Waals surface area contributed by atoms with Crippen LogP contribution in [0.2, 0.25) is 5.02 Å². The number of hydrogen-bond donors (Lipinski definition) is 1. The SMILES string of the molecule is Nc1cc(CN2C(=O)CSC2=O)ccc1Cl. The second-order valence-corrected chi connectivity index (χ2v) is 4.72. The van der Waals surface area contributed by atoms with Gasteiger partial charge >= 0.3 is 0 Å². The number of benzene rings is 1. The highest BCUT2D eigenvalue weighted by Crippen LogP contribution is 2.24. The van der Waals surface area contributed by atoms with Gasteiger partial charge in [0.2, 0.25) is 5.91 Å². The van der Waals surface area contributed by atoms with Crippen LogP contribution in [0.15, 0.2) is 18.2 Å². The number of nitrogens with two attached hydrogens (primary N) is 1. The molecule has 0 bridgehead atoms. The van der Waals surface area contributed by atoms with Crippen molar-refractivity contribution in [2.24, 2.45) is 0 Å². The molecule has 2 N–H and O–H groups in total. The summed E-state index contributed by atoms with van der Waals surface area (Å²) < 4.78 is 0. The van der Waals surface area contributed by atoms with E-state index in [4.69, 9.17) is 17.3 Å². The summed E-state index contributed by atoms with van der Waals surface area (Å²) in [6, 6.07) is 5.08. The van der Waals surface area contributed by atoms with Crippen LogP contribution in [-0.2, 0) is 11.3 Å². The summed E-state index contributed by atoms with van der Waals surface area (Å²) in [7, 11) is 0. The number of halogens is 1. The fourth-order valence-corrected chi connectivity index (χ4v) is 2.25. The second-order valence-electron chi connectivity index (χ2n) is 3.39. The molecule has 1 fully saturated rings. The highest BCUT2D eigenvalue weighted by Gasteiger charge is 2.29. The van der Waals surface area contributed by atoms with Gasteiger partial charge in [0.15, 0.2) is 0 Å². The third kappa shape index (κ3) is 2.15. The third-order valence-corrected chi connectivity index (χ3v) is 3.44. The van der Waals surface area contributed by atoms with Gasteiger partial charge in [-0.3, -0.25) is 14.5 Å². The molecule has 0 saturated carbocycles. The number of carbonyl (C=O) groups excluding carboxylic acids is 2. The first-order valence-electron chi connectivity index (χ1n) is 4.59. The normalized spacial score (nSPS) is 15.9. The molecule has 1 aromatic rings. The Morgan fingerprint density at radius 1 is 1.44 bits per heavy atom. The molecule has 16 heavy (non-hydrogen) atoms. The van der Waals surface area contributed by atoms with E-state index in [1.165, 1.54) is 4.90 Å². The van der Waals surface area contributed by atoms with Gasteiger partial charge in [-0.05, 0) is 17.7 Å². The molecule has 0 spiro atoms. The Kier molecular flexibility index (Phi) is 3.07. The molecule has 2 amide bonds. The molecule has 6 heteroatoms. The molecule has 0 radical (unpaired) electrons. The van der Waals surface area contributed by atoms with E-state index >= 15 is 0 Å². The zero-order chi connectivity index (χ0) is 11.7. The molecule has 1 aliphatic heterocycles. The molecular weight excluding hydrogens is 248 g/mol. The number of anilines is 1. The fraction of sp³-hybridized carbons (Fsp3) is 0.200. The number of rotatable bonds is 2. The Labute approximate surface area is 102 Å². The largest absolute Gasteiger partial charge is 0.398 e. The van der Waals surface area contributed by atoms with Crippen molar-refractivity contribution >= 4 is 40.2 Å². The highest BCUT2D eigenvalue weighted by atomic mass is 35.5. The van der Waals surface area contributed by atoms with Gasteiger partial charge in [-0.25, -0.2) is 0 Å². The minimum Gasteiger partial charge on any atom is -0.398 e. The van der Waals surface area contributed by atoms with Crippen LogP contribution in [0.1, 0.15) is 5.56 Å². The quantitative estimate of drug-likeness (QED) is 0.824. The number of hydrogen-bond acceptors (Lipinski definition) is 4. The van der Waals surface area contributed by atoms with E-state index in [0.717, 1.165) is 17.3 Å². The van der Waals surface area contributed by atoms with E-state index in [-0.39, 0.29) is 23.4 Å². The van der Waals surface area contributed by atoms with Gasteiger partial charge in [-0.1, -0.05) is 29.4 Å². The van der Waals surface area contributed by atoms with E-state index in [0.29, 0.717) is 10.7 Å². The molecule has 1 aromatic carbocycles. The molecule has 1 heterocycles. The summed E-state index contributed by atoms with van der Waals surface area (Å²) in [5.41, 5.74) is 6.89. The summed E-state index contributed by atoms with van der Waals surface area (Å²) >= 11 is 6.80. The second kappa shape index (κ2) is 4.35. The van der Waals surface area contributed by atoms with Gasteiger partial charge in [0.1, 0.15) is 0 Å². The summed E-state index contributed by atoms with van der Waals surface area (Å²) in [6.07, 6.45) is 0. The third-order valence-electron chi connectivity index (χ3n) is 2.24. The maximum absolute atomic E-state index is 11.4. The predicted molar refractivity (Wildman–Crippen MR) is 64.3 cm³/mol. The average Bonchev–Trinajstić information content (AvgIpc) is 2.55. The van der Waals surface area contributed by atoms with Crippen LogP contribution in [0.3, 0.4) is 0 Å². The molecular formula is C10H9ClN2O2S. The Morgan fingerprint density at radius 2 is 2.19 bits per heavy atom. The predicted octanol–water partition coefficient (Wildman–Crippen LogP) is 2.12. The van der Waals surface area contributed by atoms with Gasteiger partial charge in [0.05, 0.1) is 23.0 Å². The van der Waals surface area contributed by atoms with Crippen molar-refractivity contribution in [2.45, 2.75) is 6.54 Å². The first kappa shape index (κ1) is 11.3. The summed E-state index contributed by atoms with van der Waals surface area (Å²) in [6.45, 7) is 0.256. The van der Waals surface area contributed by atoms with Crippen molar-refractivity contribution in [3.63, 3.8) is 0 Å². The van der Waals surface area contributed by atoms with Crippen LogP contribution in [0.25, 0.3) is 0 Å². The molecule has 1 saturated heterocycles. The lowest BCUT2D eigenvalue weighted by Gasteiger charge is -2.13. The summed E-state index contributed by atoms with van der Waals surface area (Å²) in [5, 5.41) is 0.260. The van der Waals surface area contributed by atoms with E-state index in [2.05, 4.69) is 0 Å². The van der Waals surface area contributed by atoms with E-state index in [9.17, 15) is 9.59 Å². The number of nitrogens with zero attached hydrogens (tertiary/aromatic N) is 1. The standard InChI is InChI=1S/C10H9ClN2O2S/c11-7-2-1-6(3-8(7)12)4-13-9(14)5-16-10(13)15/h1-3H,4-5,12H2. The lowest BCUT2D eigenvalue weighted by Crippen LogP contribution is -2.27.